The molecule has 2 aromatic rings. The van der Waals surface area contributed by atoms with E-state index in [4.69, 9.17) is 0 Å². The van der Waals surface area contributed by atoms with Gasteiger partial charge in [-0.25, -0.2) is 8.42 Å². The molecule has 0 amide bonds. The van der Waals surface area contributed by atoms with E-state index in [-0.39, 0.29) is 5.41 Å². The van der Waals surface area contributed by atoms with Crippen LogP contribution >= 0.6 is 0 Å². The molecule has 2 aromatic carbocycles. The molecule has 1 aliphatic rings. The maximum atomic E-state index is 11.5. The number of benzene rings is 2. The van der Waals surface area contributed by atoms with Gasteiger partial charge in [0.05, 0.1) is 11.9 Å². The summed E-state index contributed by atoms with van der Waals surface area (Å²) < 4.78 is 25.6. The Labute approximate surface area is 161 Å². The van der Waals surface area contributed by atoms with Gasteiger partial charge in [-0.15, -0.1) is 0 Å². The van der Waals surface area contributed by atoms with E-state index in [1.54, 1.807) is 19.2 Å². The molecule has 0 saturated heterocycles. The maximum absolute atomic E-state index is 11.5. The van der Waals surface area contributed by atoms with Gasteiger partial charge in [0.15, 0.2) is 5.96 Å². The molecule has 0 bridgehead atoms. The quantitative estimate of drug-likeness (QED) is 0.504. The molecular formula is C20H26N4O2S. The Balaban J connectivity index is 1.59. The maximum Gasteiger partial charge on any atom is 0.229 e. The molecule has 0 atom stereocenters. The molecule has 27 heavy (non-hydrogen) atoms. The molecule has 0 heterocycles. The molecule has 6 nitrogen and oxygen atoms in total. The molecule has 0 unspecified atom stereocenters. The number of rotatable bonds is 7. The monoisotopic (exact) mass is 386 g/mol. The van der Waals surface area contributed by atoms with Crippen molar-refractivity contribution >= 4 is 21.7 Å². The van der Waals surface area contributed by atoms with Crippen molar-refractivity contribution in [3.05, 3.63) is 65.7 Å². The Hall–Kier alpha value is -2.54. The minimum absolute atomic E-state index is 0.189. The van der Waals surface area contributed by atoms with E-state index < -0.39 is 10.0 Å². The van der Waals surface area contributed by atoms with Crippen molar-refractivity contribution < 1.29 is 8.42 Å². The first-order valence-electron chi connectivity index (χ1n) is 8.98. The zero-order chi connectivity index (χ0) is 19.3. The first-order valence-corrected chi connectivity index (χ1v) is 10.9. The number of hydrogen-bond donors (Lipinski definition) is 3. The van der Waals surface area contributed by atoms with Crippen molar-refractivity contribution in [1.29, 1.82) is 0 Å². The van der Waals surface area contributed by atoms with Gasteiger partial charge in [-0.3, -0.25) is 9.71 Å². The van der Waals surface area contributed by atoms with Crippen LogP contribution in [-0.2, 0) is 22.0 Å². The van der Waals surface area contributed by atoms with Crippen molar-refractivity contribution in [3.63, 3.8) is 0 Å². The third kappa shape index (κ3) is 5.23. The molecule has 0 aromatic heterocycles. The van der Waals surface area contributed by atoms with Crippen LogP contribution in [0, 0.1) is 0 Å². The highest BCUT2D eigenvalue weighted by molar-refractivity contribution is 7.92. The number of anilines is 1. The topological polar surface area (TPSA) is 82.6 Å². The van der Waals surface area contributed by atoms with E-state index in [2.05, 4.69) is 44.6 Å². The summed E-state index contributed by atoms with van der Waals surface area (Å²) in [5.74, 6) is 0.700. The summed E-state index contributed by atoms with van der Waals surface area (Å²) in [4.78, 5) is 4.29. The van der Waals surface area contributed by atoms with Gasteiger partial charge in [-0.2, -0.15) is 0 Å². The molecule has 1 saturated carbocycles. The fourth-order valence-corrected chi connectivity index (χ4v) is 3.73. The van der Waals surface area contributed by atoms with Crippen LogP contribution in [0.15, 0.2) is 59.6 Å². The number of nitrogens with zero attached hydrogens (tertiary/aromatic N) is 1. The molecule has 3 rings (SSSR count). The van der Waals surface area contributed by atoms with Crippen LogP contribution in [0.5, 0.6) is 0 Å². The minimum Gasteiger partial charge on any atom is -0.356 e. The Bertz CT molecular complexity index is 907. The van der Waals surface area contributed by atoms with Crippen LogP contribution in [0.4, 0.5) is 5.69 Å². The zero-order valence-electron chi connectivity index (χ0n) is 15.7. The zero-order valence-corrected chi connectivity index (χ0v) is 16.5. The average molecular weight is 387 g/mol. The van der Waals surface area contributed by atoms with E-state index in [0.29, 0.717) is 18.2 Å². The van der Waals surface area contributed by atoms with E-state index in [9.17, 15) is 8.42 Å². The summed E-state index contributed by atoms with van der Waals surface area (Å²) in [6, 6.07) is 17.9. The van der Waals surface area contributed by atoms with Gasteiger partial charge in [0, 0.05) is 25.6 Å². The molecule has 1 aliphatic carbocycles. The highest BCUT2D eigenvalue weighted by Crippen LogP contribution is 2.47. The van der Waals surface area contributed by atoms with Crippen molar-refractivity contribution in [3.8, 4) is 0 Å². The van der Waals surface area contributed by atoms with Gasteiger partial charge >= 0.3 is 0 Å². The second-order valence-corrected chi connectivity index (χ2v) is 8.71. The van der Waals surface area contributed by atoms with E-state index in [1.165, 1.54) is 18.4 Å². The van der Waals surface area contributed by atoms with Crippen LogP contribution in [0.1, 0.15) is 24.0 Å². The predicted octanol–water partition coefficient (Wildman–Crippen LogP) is 2.45. The summed E-state index contributed by atoms with van der Waals surface area (Å²) in [7, 11) is -1.59. The first kappa shape index (κ1) is 19.2. The number of guanidine groups is 1. The molecule has 0 aliphatic heterocycles. The number of nitrogens with one attached hydrogen (secondary N) is 3. The van der Waals surface area contributed by atoms with Crippen molar-refractivity contribution in [1.82, 2.24) is 10.6 Å². The van der Waals surface area contributed by atoms with Crippen LogP contribution in [-0.4, -0.2) is 34.2 Å². The summed E-state index contributed by atoms with van der Waals surface area (Å²) in [5.41, 5.74) is 2.98. The van der Waals surface area contributed by atoms with E-state index in [1.807, 2.05) is 18.2 Å². The SMILES string of the molecule is CN=C(NCc1ccccc1NS(C)(=O)=O)NCC1(c2ccccc2)CC1. The fraction of sp³-hybridized carbons (Fsp3) is 0.350. The largest absolute Gasteiger partial charge is 0.356 e. The highest BCUT2D eigenvalue weighted by atomic mass is 32.2. The van der Waals surface area contributed by atoms with Gasteiger partial charge in [0.1, 0.15) is 0 Å². The Morgan fingerprint density at radius 2 is 1.70 bits per heavy atom. The smallest absolute Gasteiger partial charge is 0.229 e. The standard InChI is InChI=1S/C20H26N4O2S/c1-21-19(23-15-20(12-13-20)17-9-4-3-5-10-17)22-14-16-8-6-7-11-18(16)24-27(2,25)26/h3-11,24H,12-15H2,1-2H3,(H2,21,22,23). The fourth-order valence-electron chi connectivity index (χ4n) is 3.14. The van der Waals surface area contributed by atoms with Crippen molar-refractivity contribution in [2.24, 2.45) is 4.99 Å². The van der Waals surface area contributed by atoms with Crippen LogP contribution in [0.3, 0.4) is 0 Å². The highest BCUT2D eigenvalue weighted by Gasteiger charge is 2.43. The average Bonchev–Trinajstić information content (AvgIpc) is 3.44. The molecule has 1 fully saturated rings. The molecule has 144 valence electrons. The van der Waals surface area contributed by atoms with Gasteiger partial charge in [0.2, 0.25) is 10.0 Å². The Morgan fingerprint density at radius 3 is 2.33 bits per heavy atom. The predicted molar refractivity (Wildman–Crippen MR) is 110 cm³/mol. The lowest BCUT2D eigenvalue weighted by Crippen LogP contribution is -2.41. The van der Waals surface area contributed by atoms with Gasteiger partial charge in [-0.1, -0.05) is 48.5 Å². The summed E-state index contributed by atoms with van der Waals surface area (Å²) in [5, 5.41) is 6.68. The lowest BCUT2D eigenvalue weighted by atomic mass is 9.96. The summed E-state index contributed by atoms with van der Waals surface area (Å²) in [6.07, 6.45) is 3.49. The van der Waals surface area contributed by atoms with Crippen molar-refractivity contribution in [2.45, 2.75) is 24.8 Å². The molecule has 3 N–H and O–H groups in total. The Kier molecular flexibility index (Phi) is 5.70. The first-order chi connectivity index (χ1) is 12.9. The lowest BCUT2D eigenvalue weighted by Gasteiger charge is -2.19. The third-order valence-corrected chi connectivity index (χ3v) is 5.41. The number of sulfonamides is 1. The second kappa shape index (κ2) is 8.00. The number of aliphatic imine (C=N–C) groups is 1. The van der Waals surface area contributed by atoms with Crippen LogP contribution in [0.2, 0.25) is 0 Å². The molecular weight excluding hydrogens is 360 g/mol. The van der Waals surface area contributed by atoms with E-state index >= 15 is 0 Å². The number of hydrogen-bond acceptors (Lipinski definition) is 3. The molecule has 7 heteroatoms. The lowest BCUT2D eigenvalue weighted by molar-refractivity contribution is 0.606. The molecule has 0 spiro atoms. The second-order valence-electron chi connectivity index (χ2n) is 6.96. The minimum atomic E-state index is -3.32. The van der Waals surface area contributed by atoms with Gasteiger partial charge in [-0.05, 0) is 30.0 Å². The Morgan fingerprint density at radius 1 is 1.04 bits per heavy atom. The van der Waals surface area contributed by atoms with Gasteiger partial charge in [0.25, 0.3) is 0 Å². The van der Waals surface area contributed by atoms with Gasteiger partial charge < -0.3 is 10.6 Å². The summed E-state index contributed by atoms with van der Waals surface area (Å²) in [6.45, 7) is 1.29. The normalized spacial score (nSPS) is 15.9. The number of para-hydroxylation sites is 1. The third-order valence-electron chi connectivity index (χ3n) is 4.82. The van der Waals surface area contributed by atoms with Crippen molar-refractivity contribution in [2.75, 3.05) is 24.6 Å². The van der Waals surface area contributed by atoms with E-state index in [0.717, 1.165) is 18.4 Å². The summed E-state index contributed by atoms with van der Waals surface area (Å²) >= 11 is 0. The molecule has 0 radical (unpaired) electrons. The van der Waals surface area contributed by atoms with Crippen LogP contribution < -0.4 is 15.4 Å². The van der Waals surface area contributed by atoms with Crippen LogP contribution in [0.25, 0.3) is 0 Å².